The summed E-state index contributed by atoms with van der Waals surface area (Å²) in [6, 6.07) is 12.9. The highest BCUT2D eigenvalue weighted by atomic mass is 16.5. The zero-order chi connectivity index (χ0) is 15.1. The molecular weight excluding hydrogens is 272 g/mol. The fourth-order valence-electron chi connectivity index (χ4n) is 3.43. The third kappa shape index (κ3) is 2.18. The third-order valence-electron chi connectivity index (χ3n) is 4.54. The van der Waals surface area contributed by atoms with Gasteiger partial charge in [0.15, 0.2) is 0 Å². The van der Waals surface area contributed by atoms with Gasteiger partial charge in [0.2, 0.25) is 0 Å². The smallest absolute Gasteiger partial charge is 0.123 e. The number of aromatic nitrogens is 1. The van der Waals surface area contributed by atoms with E-state index in [0.29, 0.717) is 0 Å². The van der Waals surface area contributed by atoms with Gasteiger partial charge in [0.25, 0.3) is 0 Å². The zero-order valence-electron chi connectivity index (χ0n) is 13.0. The van der Waals surface area contributed by atoms with Crippen LogP contribution in [0.25, 0.3) is 10.9 Å². The predicted octanol–water partition coefficient (Wildman–Crippen LogP) is 4.00. The third-order valence-corrected chi connectivity index (χ3v) is 4.54. The molecule has 3 nitrogen and oxygen atoms in total. The molecule has 0 fully saturated rings. The van der Waals surface area contributed by atoms with Crippen molar-refractivity contribution in [3.8, 4) is 5.75 Å². The normalized spacial score (nSPS) is 14.5. The molecule has 0 spiro atoms. The van der Waals surface area contributed by atoms with Gasteiger partial charge in [-0.15, -0.1) is 0 Å². The number of fused-ring (bicyclic) bond motifs is 2. The summed E-state index contributed by atoms with van der Waals surface area (Å²) in [4.78, 5) is 5.85. The molecule has 1 aliphatic rings. The molecule has 0 atom stereocenters. The topological polar surface area (TPSA) is 28.3 Å². The SMILES string of the molecule is COc1cccc2c1CN(Cc1c[nH]c3ccc(C)cc13)C2. The summed E-state index contributed by atoms with van der Waals surface area (Å²) in [6.07, 6.45) is 2.14. The van der Waals surface area contributed by atoms with E-state index in [1.54, 1.807) is 7.11 Å². The van der Waals surface area contributed by atoms with Gasteiger partial charge in [-0.25, -0.2) is 0 Å². The predicted molar refractivity (Wildman–Crippen MR) is 89.0 cm³/mol. The van der Waals surface area contributed by atoms with Crippen LogP contribution in [0.2, 0.25) is 0 Å². The molecule has 22 heavy (non-hydrogen) atoms. The van der Waals surface area contributed by atoms with E-state index in [1.807, 2.05) is 0 Å². The molecule has 0 amide bonds. The van der Waals surface area contributed by atoms with Crippen molar-refractivity contribution in [3.05, 3.63) is 64.8 Å². The molecule has 0 saturated carbocycles. The lowest BCUT2D eigenvalue weighted by Gasteiger charge is -2.14. The van der Waals surface area contributed by atoms with Crippen LogP contribution < -0.4 is 4.74 Å². The van der Waals surface area contributed by atoms with Crippen LogP contribution in [-0.4, -0.2) is 17.0 Å². The number of hydrogen-bond acceptors (Lipinski definition) is 2. The lowest BCUT2D eigenvalue weighted by Crippen LogP contribution is -2.15. The quantitative estimate of drug-likeness (QED) is 0.790. The van der Waals surface area contributed by atoms with Gasteiger partial charge in [0.1, 0.15) is 5.75 Å². The number of rotatable bonds is 3. The van der Waals surface area contributed by atoms with E-state index in [0.717, 1.165) is 25.4 Å². The average Bonchev–Trinajstić information content (AvgIpc) is 3.11. The second kappa shape index (κ2) is 5.18. The van der Waals surface area contributed by atoms with Gasteiger partial charge in [-0.3, -0.25) is 4.90 Å². The van der Waals surface area contributed by atoms with Crippen molar-refractivity contribution >= 4 is 10.9 Å². The molecule has 0 bridgehead atoms. The molecule has 0 saturated heterocycles. The first-order chi connectivity index (χ1) is 10.7. The van der Waals surface area contributed by atoms with Crippen LogP contribution in [-0.2, 0) is 19.6 Å². The lowest BCUT2D eigenvalue weighted by molar-refractivity contribution is 0.274. The Labute approximate surface area is 130 Å². The van der Waals surface area contributed by atoms with Crippen molar-refractivity contribution in [2.24, 2.45) is 0 Å². The van der Waals surface area contributed by atoms with Crippen LogP contribution in [0.15, 0.2) is 42.6 Å². The Morgan fingerprint density at radius 1 is 1.18 bits per heavy atom. The molecule has 0 radical (unpaired) electrons. The number of benzene rings is 2. The molecule has 1 aromatic heterocycles. The molecule has 0 aliphatic carbocycles. The van der Waals surface area contributed by atoms with Gasteiger partial charge < -0.3 is 9.72 Å². The molecule has 3 heteroatoms. The lowest BCUT2D eigenvalue weighted by atomic mass is 10.1. The van der Waals surface area contributed by atoms with E-state index < -0.39 is 0 Å². The number of aromatic amines is 1. The van der Waals surface area contributed by atoms with E-state index in [2.05, 4.69) is 59.4 Å². The van der Waals surface area contributed by atoms with Crippen molar-refractivity contribution < 1.29 is 4.74 Å². The van der Waals surface area contributed by atoms with Crippen molar-refractivity contribution in [1.82, 2.24) is 9.88 Å². The van der Waals surface area contributed by atoms with E-state index >= 15 is 0 Å². The molecule has 4 rings (SSSR count). The maximum Gasteiger partial charge on any atom is 0.123 e. The Morgan fingerprint density at radius 3 is 2.95 bits per heavy atom. The van der Waals surface area contributed by atoms with Gasteiger partial charge in [-0.05, 0) is 36.2 Å². The monoisotopic (exact) mass is 292 g/mol. The minimum absolute atomic E-state index is 0.956. The standard InChI is InChI=1S/C19H20N2O/c1-13-6-7-18-16(8-13)15(9-20-18)11-21-10-14-4-3-5-19(22-2)17(14)12-21/h3-9,20H,10-12H2,1-2H3. The molecule has 112 valence electrons. The minimum Gasteiger partial charge on any atom is -0.496 e. The van der Waals surface area contributed by atoms with Gasteiger partial charge in [-0.2, -0.15) is 0 Å². The summed E-state index contributed by atoms with van der Waals surface area (Å²) < 4.78 is 5.49. The zero-order valence-corrected chi connectivity index (χ0v) is 13.0. The summed E-state index contributed by atoms with van der Waals surface area (Å²) in [7, 11) is 1.75. The maximum absolute atomic E-state index is 5.49. The fraction of sp³-hybridized carbons (Fsp3) is 0.263. The van der Waals surface area contributed by atoms with Crippen LogP contribution >= 0.6 is 0 Å². The average molecular weight is 292 g/mol. The molecule has 1 N–H and O–H groups in total. The van der Waals surface area contributed by atoms with Crippen molar-refractivity contribution in [2.45, 2.75) is 26.6 Å². The van der Waals surface area contributed by atoms with Crippen LogP contribution in [0.3, 0.4) is 0 Å². The number of hydrogen-bond donors (Lipinski definition) is 1. The molecule has 1 aliphatic heterocycles. The number of methoxy groups -OCH3 is 1. The number of nitrogens with one attached hydrogen (secondary N) is 1. The largest absolute Gasteiger partial charge is 0.496 e. The Hall–Kier alpha value is -2.26. The van der Waals surface area contributed by atoms with E-state index in [9.17, 15) is 0 Å². The summed E-state index contributed by atoms with van der Waals surface area (Å²) in [5.74, 6) is 1.01. The highest BCUT2D eigenvalue weighted by Crippen LogP contribution is 2.32. The van der Waals surface area contributed by atoms with E-state index in [1.165, 1.54) is 33.2 Å². The first-order valence-electron chi connectivity index (χ1n) is 7.68. The number of nitrogens with zero attached hydrogens (tertiary/aromatic N) is 1. The molecule has 2 aromatic carbocycles. The number of H-pyrrole nitrogens is 1. The molecule has 0 unspecified atom stereocenters. The number of ether oxygens (including phenoxy) is 1. The Kier molecular flexibility index (Phi) is 3.16. The van der Waals surface area contributed by atoms with Crippen LogP contribution in [0.5, 0.6) is 5.75 Å². The maximum atomic E-state index is 5.49. The summed E-state index contributed by atoms with van der Waals surface area (Å²) in [5, 5.41) is 1.34. The highest BCUT2D eigenvalue weighted by Gasteiger charge is 2.22. The second-order valence-electron chi connectivity index (χ2n) is 6.11. The second-order valence-corrected chi connectivity index (χ2v) is 6.11. The first kappa shape index (κ1) is 13.4. The van der Waals surface area contributed by atoms with Gasteiger partial charge >= 0.3 is 0 Å². The Balaban J connectivity index is 1.61. The van der Waals surface area contributed by atoms with Gasteiger partial charge in [-0.1, -0.05) is 23.8 Å². The van der Waals surface area contributed by atoms with Gasteiger partial charge in [0.05, 0.1) is 7.11 Å². The molecule has 2 heterocycles. The Bertz CT molecular complexity index is 835. The number of aryl methyl sites for hydroxylation is 1. The van der Waals surface area contributed by atoms with Gasteiger partial charge in [0, 0.05) is 42.3 Å². The summed E-state index contributed by atoms with van der Waals surface area (Å²) in [5.41, 5.74) is 6.61. The van der Waals surface area contributed by atoms with Crippen molar-refractivity contribution in [3.63, 3.8) is 0 Å². The van der Waals surface area contributed by atoms with E-state index in [4.69, 9.17) is 4.74 Å². The van der Waals surface area contributed by atoms with Crippen LogP contribution in [0, 0.1) is 6.92 Å². The first-order valence-corrected chi connectivity index (χ1v) is 7.68. The summed E-state index contributed by atoms with van der Waals surface area (Å²) >= 11 is 0. The fourth-order valence-corrected chi connectivity index (χ4v) is 3.43. The molecule has 3 aromatic rings. The van der Waals surface area contributed by atoms with Crippen molar-refractivity contribution in [2.75, 3.05) is 7.11 Å². The summed E-state index contributed by atoms with van der Waals surface area (Å²) in [6.45, 7) is 5.05. The molecular formula is C19H20N2O. The van der Waals surface area contributed by atoms with Crippen LogP contribution in [0.1, 0.15) is 22.3 Å². The minimum atomic E-state index is 0.956. The van der Waals surface area contributed by atoms with Crippen LogP contribution in [0.4, 0.5) is 0 Å². The van der Waals surface area contributed by atoms with Crippen molar-refractivity contribution in [1.29, 1.82) is 0 Å². The highest BCUT2D eigenvalue weighted by molar-refractivity contribution is 5.83. The van der Waals surface area contributed by atoms with E-state index in [-0.39, 0.29) is 0 Å². The Morgan fingerprint density at radius 2 is 2.09 bits per heavy atom.